The van der Waals surface area contributed by atoms with Crippen molar-refractivity contribution in [3.63, 3.8) is 0 Å². The van der Waals surface area contributed by atoms with Gasteiger partial charge in [-0.3, -0.25) is 0 Å². The molecular weight excluding hydrogens is 444 g/mol. The van der Waals surface area contributed by atoms with E-state index in [-0.39, 0.29) is 0 Å². The van der Waals surface area contributed by atoms with Crippen LogP contribution < -0.4 is 0 Å². The molecule has 4 aromatic carbocycles. The third-order valence-corrected chi connectivity index (χ3v) is 5.45. The van der Waals surface area contributed by atoms with E-state index in [2.05, 4.69) is 126 Å². The Labute approximate surface area is 229 Å². The van der Waals surface area contributed by atoms with Crippen molar-refractivity contribution in [1.29, 1.82) is 0 Å². The molecule has 0 N–H and O–H groups in total. The summed E-state index contributed by atoms with van der Waals surface area (Å²) in [5.74, 6) is 1.67. The molecular formula is C37H52. The number of hydrogen-bond acceptors (Lipinski definition) is 0. The van der Waals surface area contributed by atoms with Crippen molar-refractivity contribution in [3.8, 4) is 11.1 Å². The van der Waals surface area contributed by atoms with Gasteiger partial charge in [-0.2, -0.15) is 0 Å². The molecule has 0 heteroatoms. The average molecular weight is 497 g/mol. The fourth-order valence-corrected chi connectivity index (χ4v) is 4.27. The van der Waals surface area contributed by atoms with Crippen molar-refractivity contribution in [2.45, 2.75) is 88.5 Å². The van der Waals surface area contributed by atoms with Gasteiger partial charge >= 0.3 is 0 Å². The van der Waals surface area contributed by atoms with E-state index in [0.29, 0.717) is 0 Å². The van der Waals surface area contributed by atoms with Gasteiger partial charge in [-0.05, 0) is 75.3 Å². The minimum Gasteiger partial charge on any atom is -0.0683 e. The van der Waals surface area contributed by atoms with Gasteiger partial charge < -0.3 is 0 Å². The van der Waals surface area contributed by atoms with Gasteiger partial charge in [-0.25, -0.2) is 0 Å². The summed E-state index contributed by atoms with van der Waals surface area (Å²) in [6.45, 7) is 21.0. The van der Waals surface area contributed by atoms with Gasteiger partial charge in [0.25, 0.3) is 0 Å². The molecule has 0 radical (unpaired) electrons. The maximum Gasteiger partial charge on any atom is -0.00135 e. The molecule has 0 atom stereocenters. The topological polar surface area (TPSA) is 0 Å². The molecule has 2 aliphatic rings. The molecule has 0 aromatic heterocycles. The molecule has 2 aliphatic carbocycles. The Balaban J connectivity index is 0.000000263. The van der Waals surface area contributed by atoms with E-state index in [0.717, 1.165) is 18.3 Å². The van der Waals surface area contributed by atoms with Gasteiger partial charge in [0.05, 0.1) is 0 Å². The molecule has 6 rings (SSSR count). The Bertz CT molecular complexity index is 1070. The zero-order valence-electron chi connectivity index (χ0n) is 25.4. The monoisotopic (exact) mass is 496 g/mol. The van der Waals surface area contributed by atoms with E-state index >= 15 is 0 Å². The van der Waals surface area contributed by atoms with Crippen LogP contribution in [-0.4, -0.2) is 0 Å². The third kappa shape index (κ3) is 10.2. The quantitative estimate of drug-likeness (QED) is 0.200. The van der Waals surface area contributed by atoms with Crippen molar-refractivity contribution in [1.82, 2.24) is 0 Å². The highest BCUT2D eigenvalue weighted by atomic mass is 14.2. The molecule has 0 aliphatic heterocycles. The molecule has 0 nitrogen and oxygen atoms in total. The highest BCUT2D eigenvalue weighted by Gasteiger charge is 2.16. The van der Waals surface area contributed by atoms with Crippen LogP contribution in [0.5, 0.6) is 0 Å². The van der Waals surface area contributed by atoms with Gasteiger partial charge in [0.1, 0.15) is 0 Å². The number of aryl methyl sites for hydroxylation is 2. The SMILES string of the molecule is CC.CC.CC(C)C.CC(C)C.c1cc2c3c(cccc3c1)CC2.c1ccc2c(c1)Cc1ccccc1-2. The lowest BCUT2D eigenvalue weighted by atomic mass is 10.1. The summed E-state index contributed by atoms with van der Waals surface area (Å²) in [5, 5.41) is 2.92. The van der Waals surface area contributed by atoms with Gasteiger partial charge in [0.15, 0.2) is 0 Å². The molecule has 0 bridgehead atoms. The van der Waals surface area contributed by atoms with E-state index < -0.39 is 0 Å². The summed E-state index contributed by atoms with van der Waals surface area (Å²) >= 11 is 0. The zero-order valence-corrected chi connectivity index (χ0v) is 25.4. The number of benzene rings is 4. The van der Waals surface area contributed by atoms with E-state index in [1.807, 2.05) is 27.7 Å². The average Bonchev–Trinajstić information content (AvgIpc) is 3.49. The minimum atomic E-state index is 0.833. The lowest BCUT2D eigenvalue weighted by Crippen LogP contribution is -1.77. The van der Waals surface area contributed by atoms with Crippen molar-refractivity contribution in [2.75, 3.05) is 0 Å². The van der Waals surface area contributed by atoms with E-state index in [1.165, 1.54) is 57.0 Å². The van der Waals surface area contributed by atoms with Gasteiger partial charge in [0.2, 0.25) is 0 Å². The van der Waals surface area contributed by atoms with Crippen LogP contribution in [-0.2, 0) is 19.3 Å². The first-order valence-corrected chi connectivity index (χ1v) is 14.5. The Morgan fingerprint density at radius 2 is 0.757 bits per heavy atom. The molecule has 0 saturated carbocycles. The first kappa shape index (κ1) is 32.2. The fourth-order valence-electron chi connectivity index (χ4n) is 4.27. The lowest BCUT2D eigenvalue weighted by Gasteiger charge is -1.99. The zero-order chi connectivity index (χ0) is 27.8. The Kier molecular flexibility index (Phi) is 15.3. The van der Waals surface area contributed by atoms with Crippen molar-refractivity contribution in [2.24, 2.45) is 11.8 Å². The molecule has 37 heavy (non-hydrogen) atoms. The standard InChI is InChI=1S/C13H10.C12H10.2C4H10.2C2H6/c1-3-7-12-10(5-1)9-11-6-2-4-8-13(11)12;1-3-9-4-2-6-11-8-7-10(5-1)12(9)11;2*1-4(2)3;2*1-2/h1-8H,9H2;1-6H,7-8H2;2*4H,1-3H3;2*1-2H3. The van der Waals surface area contributed by atoms with Gasteiger partial charge in [0, 0.05) is 0 Å². The second kappa shape index (κ2) is 17.6. The summed E-state index contributed by atoms with van der Waals surface area (Å²) in [4.78, 5) is 0. The fraction of sp³-hybridized carbons (Fsp3) is 0.405. The van der Waals surface area contributed by atoms with Crippen molar-refractivity contribution in [3.05, 3.63) is 107 Å². The summed E-state index contributed by atoms with van der Waals surface area (Å²) in [6.07, 6.45) is 3.57. The molecule has 0 unspecified atom stereocenters. The molecule has 0 spiro atoms. The van der Waals surface area contributed by atoms with E-state index in [4.69, 9.17) is 0 Å². The normalized spacial score (nSPS) is 11.1. The minimum absolute atomic E-state index is 0.833. The third-order valence-electron chi connectivity index (χ3n) is 5.45. The van der Waals surface area contributed by atoms with Crippen LogP contribution in [0.15, 0.2) is 84.9 Å². The van der Waals surface area contributed by atoms with Crippen molar-refractivity contribution < 1.29 is 0 Å². The van der Waals surface area contributed by atoms with Crippen LogP contribution in [0, 0.1) is 11.8 Å². The second-order valence-electron chi connectivity index (χ2n) is 10.4. The molecule has 0 fully saturated rings. The largest absolute Gasteiger partial charge is 0.0683 e. The van der Waals surface area contributed by atoms with Gasteiger partial charge in [-0.15, -0.1) is 0 Å². The van der Waals surface area contributed by atoms with Crippen molar-refractivity contribution >= 4 is 10.8 Å². The highest BCUT2D eigenvalue weighted by Crippen LogP contribution is 2.35. The van der Waals surface area contributed by atoms with E-state index in [1.54, 1.807) is 0 Å². The van der Waals surface area contributed by atoms with Crippen LogP contribution in [0.1, 0.15) is 91.5 Å². The van der Waals surface area contributed by atoms with Crippen LogP contribution >= 0.6 is 0 Å². The summed E-state index contributed by atoms with van der Waals surface area (Å²) in [5.41, 5.74) is 8.81. The molecule has 0 heterocycles. The predicted molar refractivity (Wildman–Crippen MR) is 170 cm³/mol. The Hall–Kier alpha value is -2.86. The van der Waals surface area contributed by atoms with Crippen LogP contribution in [0.25, 0.3) is 21.9 Å². The van der Waals surface area contributed by atoms with E-state index in [9.17, 15) is 0 Å². The molecule has 200 valence electrons. The first-order chi connectivity index (χ1) is 17.9. The van der Waals surface area contributed by atoms with Crippen LogP contribution in [0.2, 0.25) is 0 Å². The molecule has 0 saturated heterocycles. The summed E-state index contributed by atoms with van der Waals surface area (Å²) < 4.78 is 0. The Morgan fingerprint density at radius 1 is 0.432 bits per heavy atom. The predicted octanol–water partition coefficient (Wildman–Crippen LogP) is 11.6. The molecule has 4 aromatic rings. The lowest BCUT2D eigenvalue weighted by molar-refractivity contribution is 0.736. The summed E-state index contributed by atoms with van der Waals surface area (Å²) in [6, 6.07) is 30.5. The van der Waals surface area contributed by atoms with Crippen LogP contribution in [0.3, 0.4) is 0 Å². The summed E-state index contributed by atoms with van der Waals surface area (Å²) in [7, 11) is 0. The second-order valence-corrected chi connectivity index (χ2v) is 10.4. The maximum absolute atomic E-state index is 2.25. The Morgan fingerprint density at radius 3 is 1.14 bits per heavy atom. The molecule has 0 amide bonds. The number of fused-ring (bicyclic) bond motifs is 3. The maximum atomic E-state index is 2.25. The number of rotatable bonds is 0. The number of hydrogen-bond donors (Lipinski definition) is 0. The smallest absolute Gasteiger partial charge is 0.00135 e. The van der Waals surface area contributed by atoms with Crippen LogP contribution in [0.4, 0.5) is 0 Å². The van der Waals surface area contributed by atoms with Gasteiger partial charge in [-0.1, -0.05) is 154 Å². The highest BCUT2D eigenvalue weighted by molar-refractivity contribution is 5.90. The first-order valence-electron chi connectivity index (χ1n) is 14.5.